The van der Waals surface area contributed by atoms with Gasteiger partial charge in [0.1, 0.15) is 0 Å². The highest BCUT2D eigenvalue weighted by Crippen LogP contribution is 2.34. The molecule has 6 rings (SSSR count). The largest absolute Gasteiger partial charge is 0.313 e. The van der Waals surface area contributed by atoms with Crippen molar-refractivity contribution in [3.63, 3.8) is 0 Å². The Bertz CT molecular complexity index is 1270. The molecule has 0 radical (unpaired) electrons. The van der Waals surface area contributed by atoms with Gasteiger partial charge in [0.15, 0.2) is 0 Å². The maximum atomic E-state index is 3.99. The Labute approximate surface area is 190 Å². The predicted molar refractivity (Wildman–Crippen MR) is 136 cm³/mol. The van der Waals surface area contributed by atoms with Crippen molar-refractivity contribution in [1.82, 2.24) is 4.57 Å². The van der Waals surface area contributed by atoms with E-state index in [4.69, 9.17) is 0 Å². The summed E-state index contributed by atoms with van der Waals surface area (Å²) < 4.78 is 2.39. The Morgan fingerprint density at radius 2 is 1.53 bits per heavy atom. The summed E-state index contributed by atoms with van der Waals surface area (Å²) in [5, 5.41) is 9.22. The van der Waals surface area contributed by atoms with Crippen LogP contribution in [-0.2, 0) is 6.42 Å². The number of aromatic nitrogens is 1. The van der Waals surface area contributed by atoms with Crippen LogP contribution >= 0.6 is 0 Å². The molecule has 0 N–H and O–H groups in total. The highest BCUT2D eigenvalue weighted by molar-refractivity contribution is 5.94. The highest BCUT2D eigenvalue weighted by atomic mass is 15.1. The van der Waals surface area contributed by atoms with Crippen LogP contribution in [0, 0.1) is 6.92 Å². The third-order valence-corrected chi connectivity index (χ3v) is 5.52. The van der Waals surface area contributed by atoms with E-state index in [0.29, 0.717) is 0 Å². The molecule has 0 fully saturated rings. The summed E-state index contributed by atoms with van der Waals surface area (Å²) in [6.07, 6.45) is 7.55. The van der Waals surface area contributed by atoms with Crippen molar-refractivity contribution in [1.29, 1.82) is 0 Å². The molecule has 0 amide bonds. The predicted octanol–water partition coefficient (Wildman–Crippen LogP) is 8.03. The number of azo groups is 1. The Morgan fingerprint density at radius 1 is 0.812 bits per heavy atom. The normalized spacial score (nSPS) is 13.2. The van der Waals surface area contributed by atoms with Gasteiger partial charge in [0.05, 0.1) is 17.8 Å². The molecule has 0 bridgehead atoms. The molecule has 1 aromatic heterocycles. The number of aryl methyl sites for hydroxylation is 1. The molecule has 3 nitrogen and oxygen atoms in total. The topological polar surface area (TPSA) is 29.6 Å². The Balaban J connectivity index is 0.000000161. The highest BCUT2D eigenvalue weighted by Gasteiger charge is 2.18. The lowest BCUT2D eigenvalue weighted by molar-refractivity contribution is 1.01. The van der Waals surface area contributed by atoms with Crippen LogP contribution in [0.25, 0.3) is 28.4 Å². The van der Waals surface area contributed by atoms with E-state index in [1.54, 1.807) is 0 Å². The van der Waals surface area contributed by atoms with Gasteiger partial charge in [0.2, 0.25) is 0 Å². The monoisotopic (exact) mass is 419 g/mol. The third kappa shape index (κ3) is 4.33. The molecule has 0 unspecified atom stereocenters. The van der Waals surface area contributed by atoms with E-state index in [1.807, 2.05) is 50.3 Å². The van der Waals surface area contributed by atoms with E-state index in [2.05, 4.69) is 82.4 Å². The molecule has 4 aromatic rings. The smallest absolute Gasteiger partial charge is 0.0904 e. The quantitative estimate of drug-likeness (QED) is 0.315. The van der Waals surface area contributed by atoms with E-state index < -0.39 is 0 Å². The van der Waals surface area contributed by atoms with Gasteiger partial charge < -0.3 is 4.57 Å². The summed E-state index contributed by atoms with van der Waals surface area (Å²) in [4.78, 5) is 0. The number of rotatable bonds is 2. The fourth-order valence-electron chi connectivity index (χ4n) is 4.05. The molecule has 0 saturated carbocycles. The van der Waals surface area contributed by atoms with E-state index in [0.717, 1.165) is 24.2 Å². The molecule has 0 saturated heterocycles. The molecular weight excluding hydrogens is 390 g/mol. The molecular formula is C29H29N3. The molecule has 2 heterocycles. The average Bonchev–Trinajstić information content (AvgIpc) is 3.60. The SMILES string of the molecule is C1=C(c2ccccc2)N=NC1.CC.Cc1ccc(-n2c3c(c4ccccc42)C=CC3)cc1. The lowest BCUT2D eigenvalue weighted by Crippen LogP contribution is -1.98. The van der Waals surface area contributed by atoms with Gasteiger partial charge in [-0.15, -0.1) is 0 Å². The summed E-state index contributed by atoms with van der Waals surface area (Å²) in [6.45, 7) is 6.85. The number of benzene rings is 3. The molecule has 3 heteroatoms. The van der Waals surface area contributed by atoms with E-state index in [-0.39, 0.29) is 0 Å². The number of nitrogens with zero attached hydrogens (tertiary/aromatic N) is 3. The minimum absolute atomic E-state index is 0.726. The summed E-state index contributed by atoms with van der Waals surface area (Å²) in [7, 11) is 0. The standard InChI is InChI=1S/C18H15N.C9H8N2.C2H6/c1-13-9-11-14(12-10-13)19-17-7-3-2-5-15(17)16-6-4-8-18(16)19;1-2-4-8(5-3-1)9-6-7-10-11-9;1-2/h2-7,9-12H,8H2,1H3;1-6H,7H2;1-2H3. The second-order valence-corrected chi connectivity index (χ2v) is 7.53. The van der Waals surface area contributed by atoms with Crippen LogP contribution in [0.3, 0.4) is 0 Å². The first-order chi connectivity index (χ1) is 15.8. The van der Waals surface area contributed by atoms with Crippen molar-refractivity contribution in [2.45, 2.75) is 27.2 Å². The van der Waals surface area contributed by atoms with Gasteiger partial charge in [0, 0.05) is 34.3 Å². The third-order valence-electron chi connectivity index (χ3n) is 5.52. The second-order valence-electron chi connectivity index (χ2n) is 7.53. The van der Waals surface area contributed by atoms with Crippen LogP contribution in [0.5, 0.6) is 0 Å². The summed E-state index contributed by atoms with van der Waals surface area (Å²) in [5.74, 6) is 0. The van der Waals surface area contributed by atoms with Gasteiger partial charge in [0.25, 0.3) is 0 Å². The summed E-state index contributed by atoms with van der Waals surface area (Å²) in [5.41, 5.74) is 8.79. The van der Waals surface area contributed by atoms with Gasteiger partial charge in [-0.2, -0.15) is 10.2 Å². The first-order valence-corrected chi connectivity index (χ1v) is 11.3. The van der Waals surface area contributed by atoms with Gasteiger partial charge in [-0.25, -0.2) is 0 Å². The van der Waals surface area contributed by atoms with Crippen LogP contribution in [0.15, 0.2) is 101 Å². The molecule has 1 aliphatic heterocycles. The summed E-state index contributed by atoms with van der Waals surface area (Å²) in [6, 6.07) is 27.5. The molecule has 160 valence electrons. The maximum Gasteiger partial charge on any atom is 0.0904 e. The maximum absolute atomic E-state index is 3.99. The van der Waals surface area contributed by atoms with Gasteiger partial charge in [-0.3, -0.25) is 0 Å². The van der Waals surface area contributed by atoms with Crippen molar-refractivity contribution in [2.24, 2.45) is 10.2 Å². The average molecular weight is 420 g/mol. The molecule has 2 aliphatic rings. The Hall–Kier alpha value is -3.72. The first-order valence-electron chi connectivity index (χ1n) is 11.3. The van der Waals surface area contributed by atoms with Crippen molar-refractivity contribution in [2.75, 3.05) is 6.54 Å². The van der Waals surface area contributed by atoms with Crippen LogP contribution in [-0.4, -0.2) is 11.1 Å². The summed E-state index contributed by atoms with van der Waals surface area (Å²) >= 11 is 0. The van der Waals surface area contributed by atoms with Gasteiger partial charge in [-0.1, -0.05) is 92.2 Å². The zero-order valence-corrected chi connectivity index (χ0v) is 19.0. The fraction of sp³-hybridized carbons (Fsp3) is 0.172. The fourth-order valence-corrected chi connectivity index (χ4v) is 4.05. The lowest BCUT2D eigenvalue weighted by atomic mass is 10.2. The Morgan fingerprint density at radius 3 is 2.25 bits per heavy atom. The van der Waals surface area contributed by atoms with Crippen LogP contribution in [0.1, 0.15) is 36.2 Å². The Kier molecular flexibility index (Phi) is 6.76. The van der Waals surface area contributed by atoms with Crippen molar-refractivity contribution >= 4 is 22.7 Å². The van der Waals surface area contributed by atoms with Gasteiger partial charge in [-0.05, 0) is 31.2 Å². The van der Waals surface area contributed by atoms with Crippen molar-refractivity contribution in [3.05, 3.63) is 113 Å². The zero-order chi connectivity index (χ0) is 22.3. The molecule has 0 atom stereocenters. The number of para-hydroxylation sites is 1. The molecule has 32 heavy (non-hydrogen) atoms. The zero-order valence-electron chi connectivity index (χ0n) is 19.0. The van der Waals surface area contributed by atoms with Crippen LogP contribution in [0.2, 0.25) is 0 Å². The second kappa shape index (κ2) is 10.1. The first kappa shape index (κ1) is 21.5. The van der Waals surface area contributed by atoms with Crippen LogP contribution < -0.4 is 0 Å². The minimum atomic E-state index is 0.726. The molecule has 3 aromatic carbocycles. The minimum Gasteiger partial charge on any atom is -0.313 e. The molecule has 0 spiro atoms. The lowest BCUT2D eigenvalue weighted by Gasteiger charge is -2.09. The molecule has 1 aliphatic carbocycles. The van der Waals surface area contributed by atoms with Crippen molar-refractivity contribution < 1.29 is 0 Å². The van der Waals surface area contributed by atoms with Crippen molar-refractivity contribution in [3.8, 4) is 5.69 Å². The van der Waals surface area contributed by atoms with E-state index in [1.165, 1.54) is 33.4 Å². The van der Waals surface area contributed by atoms with E-state index >= 15 is 0 Å². The number of allylic oxidation sites excluding steroid dienone is 1. The number of hydrogen-bond acceptors (Lipinski definition) is 2. The number of fused-ring (bicyclic) bond motifs is 3. The number of hydrogen-bond donors (Lipinski definition) is 0. The van der Waals surface area contributed by atoms with Crippen LogP contribution in [0.4, 0.5) is 0 Å². The van der Waals surface area contributed by atoms with Gasteiger partial charge >= 0.3 is 0 Å². The van der Waals surface area contributed by atoms with E-state index in [9.17, 15) is 0 Å².